The molecule has 39 heteroatoms. The molecule has 6 rings (SSSR count). The van der Waals surface area contributed by atoms with Crippen LogP contribution < -0.4 is 10.2 Å². The van der Waals surface area contributed by atoms with Gasteiger partial charge in [-0.3, -0.25) is 20.9 Å². The number of aliphatic carboxylic acids is 2. The molecule has 5 saturated heterocycles. The SMILES string of the molecule is CCC1O[C@H](C)C(OS(=O)(=O)[O-])C(OS(=O)(=O)[O-])[C@@H]1O[C@H]1OC(C(=O)[O-])[C@H]2[C@H](C1C)C2(C)O[C@@H]1OC(CC)[C@H](O[C@H]2OC(C(=O)[O-])[C@@H](O[C@H]3OC(COS(=O)(=O)[O-])[C@@H](OC)C(C)C3C)C(C)C2C)[C@H](OS(=O)(=O)[O-])C1OS(=O)(=O)[O-]. The zero-order valence-corrected chi connectivity index (χ0v) is 48.1. The van der Waals surface area contributed by atoms with E-state index in [-0.39, 0.29) is 12.8 Å². The highest BCUT2D eigenvalue weighted by atomic mass is 32.3. The molecule has 80 heavy (non-hydrogen) atoms. The smallest absolute Gasteiger partial charge is 0.218 e. The van der Waals surface area contributed by atoms with Crippen molar-refractivity contribution in [3.63, 3.8) is 0 Å². The van der Waals surface area contributed by atoms with Gasteiger partial charge in [-0.1, -0.05) is 48.5 Å². The first-order valence-electron chi connectivity index (χ1n) is 24.7. The zero-order chi connectivity index (χ0) is 60.3. The topological polar surface area (TPSA) is 505 Å². The van der Waals surface area contributed by atoms with E-state index in [1.165, 1.54) is 48.7 Å². The normalized spacial score (nSPS) is 44.0. The van der Waals surface area contributed by atoms with Crippen molar-refractivity contribution < 1.29 is 153 Å². The summed E-state index contributed by atoms with van der Waals surface area (Å²) in [6.07, 6.45) is -33.6. The van der Waals surface area contributed by atoms with Crippen molar-refractivity contribution in [2.45, 2.75) is 191 Å². The molecule has 0 radical (unpaired) electrons. The molecule has 0 spiro atoms. The van der Waals surface area contributed by atoms with Crippen LogP contribution in [0.25, 0.3) is 0 Å². The van der Waals surface area contributed by atoms with Crippen LogP contribution in [0.5, 0.6) is 0 Å². The molecule has 1 saturated carbocycles. The molecule has 1 aliphatic carbocycles. The van der Waals surface area contributed by atoms with Gasteiger partial charge in [0.05, 0.1) is 54.7 Å². The van der Waals surface area contributed by atoms with Crippen LogP contribution in [-0.2, 0) is 130 Å². The third-order valence-electron chi connectivity index (χ3n) is 15.5. The number of fused-ring (bicyclic) bond motifs is 1. The van der Waals surface area contributed by atoms with Gasteiger partial charge in [0.1, 0.15) is 48.8 Å². The Bertz CT molecular complexity index is 2770. The lowest BCUT2D eigenvalue weighted by Crippen LogP contribution is -2.65. The fourth-order valence-electron chi connectivity index (χ4n) is 11.5. The van der Waals surface area contributed by atoms with E-state index >= 15 is 0 Å². The van der Waals surface area contributed by atoms with E-state index in [9.17, 15) is 84.7 Å². The van der Waals surface area contributed by atoms with E-state index in [0.717, 1.165) is 6.92 Å². The molecule has 0 N–H and O–H groups in total. The van der Waals surface area contributed by atoms with E-state index in [1.807, 2.05) is 0 Å². The number of hydrogen-bond acceptors (Lipinski definition) is 34. The minimum Gasteiger partial charge on any atom is -0.726 e. The van der Waals surface area contributed by atoms with E-state index in [1.54, 1.807) is 13.8 Å². The van der Waals surface area contributed by atoms with Gasteiger partial charge in [0.15, 0.2) is 31.3 Å². The average Bonchev–Trinajstić information content (AvgIpc) is 3.92. The zero-order valence-electron chi connectivity index (χ0n) is 44.0. The summed E-state index contributed by atoms with van der Waals surface area (Å²) in [5, 5.41) is 25.7. The molecular weight excluding hydrogens is 1200 g/mol. The van der Waals surface area contributed by atoms with E-state index in [4.69, 9.17) is 55.7 Å². The quantitative estimate of drug-likeness (QED) is 0.0646. The van der Waals surface area contributed by atoms with E-state index in [0.29, 0.717) is 0 Å². The van der Waals surface area contributed by atoms with Crippen molar-refractivity contribution in [1.82, 2.24) is 0 Å². The summed E-state index contributed by atoms with van der Waals surface area (Å²) in [6.45, 7) is 12.0. The highest BCUT2D eigenvalue weighted by Crippen LogP contribution is 2.64. The van der Waals surface area contributed by atoms with Gasteiger partial charge in [0, 0.05) is 36.7 Å². The Kier molecular flexibility index (Phi) is 21.0. The van der Waals surface area contributed by atoms with Crippen molar-refractivity contribution >= 4 is 63.9 Å². The maximum atomic E-state index is 12.9. The molecule has 6 aliphatic rings. The molecule has 14 unspecified atom stereocenters. The Morgan fingerprint density at radius 1 is 0.450 bits per heavy atom. The first-order valence-corrected chi connectivity index (χ1v) is 31.3. The number of carbonyl (C=O) groups is 2. The molecule has 0 bridgehead atoms. The van der Waals surface area contributed by atoms with Gasteiger partial charge in [0.2, 0.25) is 52.0 Å². The summed E-state index contributed by atoms with van der Waals surface area (Å²) >= 11 is 0. The van der Waals surface area contributed by atoms with Crippen LogP contribution in [0.1, 0.15) is 75.2 Å². The number of methoxy groups -OCH3 is 1. The Morgan fingerprint density at radius 3 is 1.31 bits per heavy atom. The largest absolute Gasteiger partial charge is 0.726 e. The van der Waals surface area contributed by atoms with Gasteiger partial charge in [0.25, 0.3) is 0 Å². The fourth-order valence-corrected chi connectivity index (χ4v) is 13.8. The predicted octanol–water partition coefficient (Wildman–Crippen LogP) is -4.78. The van der Waals surface area contributed by atoms with Gasteiger partial charge >= 0.3 is 0 Å². The van der Waals surface area contributed by atoms with Crippen LogP contribution in [0, 0.1) is 41.4 Å². The van der Waals surface area contributed by atoms with E-state index in [2.05, 4.69) is 12.5 Å². The number of carbonyl (C=O) groups excluding carboxylic acids is 2. The lowest BCUT2D eigenvalue weighted by atomic mass is 9.82. The lowest BCUT2D eigenvalue weighted by molar-refractivity contribution is -0.375. The highest BCUT2D eigenvalue weighted by Gasteiger charge is 2.74. The van der Waals surface area contributed by atoms with Gasteiger partial charge in [-0.05, 0) is 38.5 Å². The monoisotopic (exact) mass is 1260 g/mol. The maximum absolute atomic E-state index is 12.9. The summed E-state index contributed by atoms with van der Waals surface area (Å²) < 4.78 is 263. The first kappa shape index (κ1) is 67.0. The summed E-state index contributed by atoms with van der Waals surface area (Å²) in [4.78, 5) is 25.7. The Hall–Kier alpha value is -2.11. The molecule has 466 valence electrons. The average molecular weight is 1260 g/mol. The fraction of sp³-hybridized carbons (Fsp3) is 0.951. The summed E-state index contributed by atoms with van der Waals surface area (Å²) in [5.74, 6) is -10.8. The van der Waals surface area contributed by atoms with Crippen LogP contribution in [0.3, 0.4) is 0 Å². The summed E-state index contributed by atoms with van der Waals surface area (Å²) in [6, 6.07) is 0. The second-order valence-corrected chi connectivity index (χ2v) is 25.6. The molecule has 6 fully saturated rings. The number of rotatable bonds is 24. The number of carboxylic acids is 2. The molecular formula is C41H61O34S5-7. The Labute approximate surface area is 461 Å². The van der Waals surface area contributed by atoms with Crippen molar-refractivity contribution in [3.8, 4) is 0 Å². The minimum absolute atomic E-state index is 0.0972. The van der Waals surface area contributed by atoms with Crippen molar-refractivity contribution in [1.29, 1.82) is 0 Å². The van der Waals surface area contributed by atoms with Crippen molar-refractivity contribution in [3.05, 3.63) is 0 Å². The number of ether oxygens (including phenoxy) is 10. The predicted molar refractivity (Wildman–Crippen MR) is 241 cm³/mol. The van der Waals surface area contributed by atoms with Crippen LogP contribution in [0.4, 0.5) is 0 Å². The molecule has 5 heterocycles. The second-order valence-electron chi connectivity index (χ2n) is 20.5. The Balaban J connectivity index is 1.29. The summed E-state index contributed by atoms with van der Waals surface area (Å²) in [7, 11) is -27.4. The van der Waals surface area contributed by atoms with Crippen LogP contribution in [0.15, 0.2) is 0 Å². The molecule has 0 aromatic rings. The molecule has 5 aliphatic heterocycles. The van der Waals surface area contributed by atoms with Gasteiger partial charge in [-0.15, -0.1) is 0 Å². The lowest BCUT2D eigenvalue weighted by Gasteiger charge is -2.51. The van der Waals surface area contributed by atoms with Crippen molar-refractivity contribution in [2.75, 3.05) is 13.7 Å². The molecule has 34 nitrogen and oxygen atoms in total. The van der Waals surface area contributed by atoms with Crippen molar-refractivity contribution in [2.24, 2.45) is 41.4 Å². The number of hydrogen-bond donors (Lipinski definition) is 0. The minimum atomic E-state index is -6.04. The number of carboxylic acid groups (broad SMARTS) is 2. The first-order chi connectivity index (χ1) is 36.6. The highest BCUT2D eigenvalue weighted by molar-refractivity contribution is 7.81. The Morgan fingerprint density at radius 2 is 0.850 bits per heavy atom. The van der Waals surface area contributed by atoms with Gasteiger partial charge in [-0.2, -0.15) is 0 Å². The van der Waals surface area contributed by atoms with Crippen LogP contribution >= 0.6 is 0 Å². The third-order valence-corrected chi connectivity index (χ3v) is 17.8. The van der Waals surface area contributed by atoms with Crippen LogP contribution in [0.2, 0.25) is 0 Å². The molecule has 0 aromatic carbocycles. The van der Waals surface area contributed by atoms with Gasteiger partial charge < -0.3 is 89.9 Å². The maximum Gasteiger partial charge on any atom is 0.218 e. The summed E-state index contributed by atoms with van der Waals surface area (Å²) in [5.41, 5.74) is -1.98. The third kappa shape index (κ3) is 15.7. The molecule has 0 aromatic heterocycles. The van der Waals surface area contributed by atoms with E-state index < -0.39 is 228 Å². The standard InChI is InChI=1S/C41H68O34S5/c1-11-20-28(31(73-78(52,53)54)27(19(8)63-20)72-77(49,50)51)68-39-18(7)23-24(30(69-39)35(42)43)41(23,9)71-40-34(75-80(58,59)60)32(74-79(55,56)57)29(21(12-2)64-40)67-38-17(6)15(4)26(33(70-38)36(44)45)66-37-16(5)14(3)25(61-10)22(65-37)13-62-76(46,47)48/h14-34,37-40H,11-13H2,1-10H3,(H,42,43)(H,44,45)(H,46,47,48)(H,49,50,51)(H,52,53,54)(H,55,56,57)(H,58,59,60)/p-7/t14?,15?,16?,17?,18?,19-,20?,21?,22?,23+,24-,25+,26+,27?,28-,29+,30?,31?,32+,33?,34?,37-,38+,39+,40+,41?/m1/s1. The van der Waals surface area contributed by atoms with Crippen LogP contribution in [-0.4, -0.2) is 207 Å². The van der Waals surface area contributed by atoms with Gasteiger partial charge in [-0.25, -0.2) is 42.1 Å². The molecule has 0 amide bonds. The molecule has 26 atom stereocenters. The second kappa shape index (κ2) is 25.1.